The van der Waals surface area contributed by atoms with Gasteiger partial charge in [0.1, 0.15) is 0 Å². The molecule has 118 valence electrons. The lowest BCUT2D eigenvalue weighted by atomic mass is 10.2. The van der Waals surface area contributed by atoms with Gasteiger partial charge in [-0.25, -0.2) is 0 Å². The van der Waals surface area contributed by atoms with Gasteiger partial charge in [-0.05, 0) is 73.1 Å². The zero-order valence-corrected chi connectivity index (χ0v) is 12.5. The maximum Gasteiger partial charge on any atom is 0.0602 e. The highest BCUT2D eigenvalue weighted by molar-refractivity contribution is 4.77. The van der Waals surface area contributed by atoms with Gasteiger partial charge in [0.2, 0.25) is 0 Å². The van der Waals surface area contributed by atoms with Crippen LogP contribution < -0.4 is 0 Å². The second kappa shape index (κ2) is 8.26. The summed E-state index contributed by atoms with van der Waals surface area (Å²) in [6.45, 7) is 13.6. The predicted molar refractivity (Wildman–Crippen MR) is 85.8 cm³/mol. The quantitative estimate of drug-likeness (QED) is 0.681. The predicted octanol–water partition coefficient (Wildman–Crippen LogP) is 5.45. The molecule has 0 spiro atoms. The van der Waals surface area contributed by atoms with Gasteiger partial charge >= 0.3 is 0 Å². The van der Waals surface area contributed by atoms with Gasteiger partial charge in [-0.2, -0.15) is 0 Å². The molecule has 2 saturated carbocycles. The fourth-order valence-electron chi connectivity index (χ4n) is 1.34. The van der Waals surface area contributed by atoms with Crippen LogP contribution in [-0.4, -0.2) is 23.9 Å². The van der Waals surface area contributed by atoms with Crippen molar-refractivity contribution in [2.75, 3.05) is 6.61 Å². The summed E-state index contributed by atoms with van der Waals surface area (Å²) in [7, 11) is 0. The van der Waals surface area contributed by atoms with Gasteiger partial charge in [-0.1, -0.05) is 14.9 Å². The maximum absolute atomic E-state index is 5.55. The smallest absolute Gasteiger partial charge is 0.0602 e. The molecule has 0 aromatic carbocycles. The molecule has 2 aliphatic carbocycles. The van der Waals surface area contributed by atoms with Crippen molar-refractivity contribution < 1.29 is 9.47 Å². The molecule has 0 bridgehead atoms. The van der Waals surface area contributed by atoms with Crippen molar-refractivity contribution >= 4 is 0 Å². The Hall–Kier alpha value is -0.0800. The van der Waals surface area contributed by atoms with E-state index in [9.17, 15) is 0 Å². The van der Waals surface area contributed by atoms with Crippen molar-refractivity contribution in [1.82, 2.24) is 0 Å². The molecule has 2 fully saturated rings. The lowest BCUT2D eigenvalue weighted by molar-refractivity contribution is -0.0151. The third-order valence-electron chi connectivity index (χ3n) is 2.49. The van der Waals surface area contributed by atoms with Crippen LogP contribution in [0.4, 0.5) is 0 Å². The van der Waals surface area contributed by atoms with Crippen LogP contribution >= 0.6 is 0 Å². The normalized spacial score (nSPS) is 18.6. The van der Waals surface area contributed by atoms with Gasteiger partial charge in [0.25, 0.3) is 0 Å². The molecule has 0 radical (unpaired) electrons. The summed E-state index contributed by atoms with van der Waals surface area (Å²) in [5, 5.41) is 0. The Bertz CT molecular complexity index is 214. The van der Waals surface area contributed by atoms with Gasteiger partial charge < -0.3 is 9.47 Å². The largest absolute Gasteiger partial charge is 0.376 e. The van der Waals surface area contributed by atoms with Crippen LogP contribution in [0.5, 0.6) is 0 Å². The highest BCUT2D eigenvalue weighted by Gasteiger charge is 2.27. The molecule has 0 amide bonds. The number of hydrogen-bond acceptors (Lipinski definition) is 2. The van der Waals surface area contributed by atoms with Crippen molar-refractivity contribution in [3.05, 3.63) is 0 Å². The van der Waals surface area contributed by atoms with Crippen LogP contribution in [0.2, 0.25) is 0 Å². The summed E-state index contributed by atoms with van der Waals surface area (Å²) in [4.78, 5) is 0. The lowest BCUT2D eigenvalue weighted by Gasteiger charge is -2.18. The van der Waals surface area contributed by atoms with Gasteiger partial charge in [0.15, 0.2) is 0 Å². The minimum Gasteiger partial charge on any atom is -0.376 e. The number of rotatable bonds is 3. The van der Waals surface area contributed by atoms with Crippen LogP contribution in [0.1, 0.15) is 82.1 Å². The first kappa shape index (κ1) is 21.2. The molecular weight excluding hydrogens is 236 g/mol. The molecule has 0 atom stereocenters. The van der Waals surface area contributed by atoms with Crippen molar-refractivity contribution in [2.45, 2.75) is 99.4 Å². The molecule has 19 heavy (non-hydrogen) atoms. The average Bonchev–Trinajstić information content (AvgIpc) is 2.92. The second-order valence-electron chi connectivity index (χ2n) is 7.30. The Morgan fingerprint density at radius 3 is 1.47 bits per heavy atom. The first-order valence-corrected chi connectivity index (χ1v) is 6.97. The zero-order chi connectivity index (χ0) is 13.1. The van der Waals surface area contributed by atoms with Crippen molar-refractivity contribution in [3.8, 4) is 0 Å². The molecular formula is C17H38O2. The molecule has 0 aromatic heterocycles. The Kier molecular flexibility index (Phi) is 9.23. The monoisotopic (exact) mass is 274 g/mol. The van der Waals surface area contributed by atoms with Gasteiger partial charge in [-0.15, -0.1) is 0 Å². The molecule has 2 heteroatoms. The number of ether oxygens (including phenoxy) is 2. The van der Waals surface area contributed by atoms with Crippen LogP contribution in [0.3, 0.4) is 0 Å². The zero-order valence-electron chi connectivity index (χ0n) is 12.5. The van der Waals surface area contributed by atoms with Gasteiger partial charge in [0.05, 0.1) is 23.9 Å². The number of hydrogen-bond donors (Lipinski definition) is 0. The van der Waals surface area contributed by atoms with Crippen LogP contribution in [0.25, 0.3) is 0 Å². The second-order valence-corrected chi connectivity index (χ2v) is 7.30. The minimum absolute atomic E-state index is 0. The van der Waals surface area contributed by atoms with E-state index in [0.29, 0.717) is 6.10 Å². The third kappa shape index (κ3) is 15.9. The molecule has 0 aliphatic heterocycles. The van der Waals surface area contributed by atoms with Crippen LogP contribution in [0, 0.1) is 5.92 Å². The molecule has 0 aromatic rings. The molecule has 0 unspecified atom stereocenters. The molecule has 2 rings (SSSR count). The summed E-state index contributed by atoms with van der Waals surface area (Å²) in [5.74, 6) is 0.893. The van der Waals surface area contributed by atoms with E-state index >= 15 is 0 Å². The first-order chi connectivity index (χ1) is 7.66. The van der Waals surface area contributed by atoms with E-state index in [4.69, 9.17) is 9.47 Å². The topological polar surface area (TPSA) is 18.5 Å². The summed E-state index contributed by atoms with van der Waals surface area (Å²) in [6.07, 6.45) is 5.91. The van der Waals surface area contributed by atoms with Gasteiger partial charge in [-0.3, -0.25) is 0 Å². The summed E-state index contributed by atoms with van der Waals surface area (Å²) >= 11 is 0. The Morgan fingerprint density at radius 1 is 0.789 bits per heavy atom. The SMILES string of the molecule is C.C.CC(C)(C)OC1CC1.CC(C)(C)OCC1CC1. The van der Waals surface area contributed by atoms with E-state index in [1.54, 1.807) is 0 Å². The first-order valence-electron chi connectivity index (χ1n) is 6.97. The van der Waals surface area contributed by atoms with E-state index in [0.717, 1.165) is 12.5 Å². The fraction of sp³-hybridized carbons (Fsp3) is 1.00. The van der Waals surface area contributed by atoms with E-state index in [1.807, 2.05) is 0 Å². The summed E-state index contributed by atoms with van der Waals surface area (Å²) in [5.41, 5.74) is 0.157. The van der Waals surface area contributed by atoms with Crippen molar-refractivity contribution in [2.24, 2.45) is 5.92 Å². The highest BCUT2D eigenvalue weighted by atomic mass is 16.5. The van der Waals surface area contributed by atoms with Crippen molar-refractivity contribution in [1.29, 1.82) is 0 Å². The average molecular weight is 274 g/mol. The van der Waals surface area contributed by atoms with Crippen molar-refractivity contribution in [3.63, 3.8) is 0 Å². The standard InChI is InChI=1S/C8H16O.C7H14O.2CH4/c1-8(2,3)9-6-7-4-5-7;1-7(2,3)8-6-4-5-6;;/h7H,4-6H2,1-3H3;6H,4-5H2,1-3H3;2*1H4. The third-order valence-corrected chi connectivity index (χ3v) is 2.49. The fourth-order valence-corrected chi connectivity index (χ4v) is 1.34. The lowest BCUT2D eigenvalue weighted by Crippen LogP contribution is -2.20. The molecule has 0 heterocycles. The van der Waals surface area contributed by atoms with E-state index in [2.05, 4.69) is 41.5 Å². The Labute approximate surface area is 122 Å². The summed E-state index contributed by atoms with van der Waals surface area (Å²) < 4.78 is 11.1. The van der Waals surface area contributed by atoms with E-state index in [1.165, 1.54) is 25.7 Å². The van der Waals surface area contributed by atoms with Gasteiger partial charge in [0, 0.05) is 0 Å². The maximum atomic E-state index is 5.55. The van der Waals surface area contributed by atoms with Crippen LogP contribution in [-0.2, 0) is 9.47 Å². The Balaban J connectivity index is 0. The van der Waals surface area contributed by atoms with Crippen LogP contribution in [0.15, 0.2) is 0 Å². The molecule has 0 saturated heterocycles. The highest BCUT2D eigenvalue weighted by Crippen LogP contribution is 2.30. The van der Waals surface area contributed by atoms with E-state index in [-0.39, 0.29) is 26.1 Å². The summed E-state index contributed by atoms with van der Waals surface area (Å²) in [6, 6.07) is 0. The molecule has 2 aliphatic rings. The van der Waals surface area contributed by atoms with E-state index < -0.39 is 0 Å². The minimum atomic E-state index is 0. The Morgan fingerprint density at radius 2 is 1.26 bits per heavy atom. The molecule has 0 N–H and O–H groups in total. The molecule has 2 nitrogen and oxygen atoms in total.